The van der Waals surface area contributed by atoms with Gasteiger partial charge in [-0.3, -0.25) is 4.98 Å². The third kappa shape index (κ3) is 4.13. The zero-order chi connectivity index (χ0) is 29.0. The Hall–Kier alpha value is -5.22. The molecule has 3 aromatic heterocycles. The standard InChI is InChI=1S/C40H30N4/c1-2-9-33-31(7-1)32-8-3-4-10-34(32)36-22-29(17-19-35(33)36)25-11-13-26(14-12-25)30-23-42-40(43-24-30)37-20-18-28-16-15-27-6-5-21-41-38(27)39(28)44-37/h1-2,5-7,9,11-16,18-24,29H,3-4,8,10,17H2. The van der Waals surface area contributed by atoms with E-state index in [9.17, 15) is 0 Å². The van der Waals surface area contributed by atoms with Crippen LogP contribution in [0.25, 0.3) is 67.4 Å². The van der Waals surface area contributed by atoms with Gasteiger partial charge in [0.15, 0.2) is 5.82 Å². The number of pyridine rings is 2. The van der Waals surface area contributed by atoms with Gasteiger partial charge in [-0.2, -0.15) is 0 Å². The van der Waals surface area contributed by atoms with Crippen molar-refractivity contribution < 1.29 is 0 Å². The van der Waals surface area contributed by atoms with E-state index in [-0.39, 0.29) is 0 Å². The number of nitrogens with zero attached hydrogens (tertiary/aromatic N) is 4. The van der Waals surface area contributed by atoms with Gasteiger partial charge in [-0.1, -0.05) is 84.9 Å². The predicted octanol–water partition coefficient (Wildman–Crippen LogP) is 7.69. The van der Waals surface area contributed by atoms with E-state index in [2.05, 4.69) is 89.9 Å². The van der Waals surface area contributed by atoms with Crippen LogP contribution in [0, 0.1) is 0 Å². The average molecular weight is 567 g/mol. The number of aryl methyl sites for hydroxylation is 1. The average Bonchev–Trinajstić information content (AvgIpc) is 3.11. The Morgan fingerprint density at radius 1 is 0.591 bits per heavy atom. The lowest BCUT2D eigenvalue weighted by molar-refractivity contribution is 0.685. The van der Waals surface area contributed by atoms with Crippen LogP contribution in [0.5, 0.6) is 0 Å². The SMILES string of the molecule is C1=c2c3c(c4ccccc4c2=CCC1c1ccc(-c2cnc(-c4ccc5ccc6cccnc6c5n4)nc2)cc1)CCCC3. The molecule has 9 rings (SSSR count). The summed E-state index contributed by atoms with van der Waals surface area (Å²) in [5, 5.41) is 7.93. The van der Waals surface area contributed by atoms with Gasteiger partial charge in [0.25, 0.3) is 0 Å². The molecule has 0 aliphatic heterocycles. The van der Waals surface area contributed by atoms with Crippen molar-refractivity contribution in [2.24, 2.45) is 0 Å². The van der Waals surface area contributed by atoms with Gasteiger partial charge in [0, 0.05) is 40.8 Å². The van der Waals surface area contributed by atoms with Crippen LogP contribution >= 0.6 is 0 Å². The van der Waals surface area contributed by atoms with Gasteiger partial charge >= 0.3 is 0 Å². The highest BCUT2D eigenvalue weighted by atomic mass is 14.9. The molecular formula is C40H30N4. The number of hydrogen-bond donors (Lipinski definition) is 0. The number of hydrogen-bond acceptors (Lipinski definition) is 4. The molecule has 0 spiro atoms. The Bertz CT molecular complexity index is 2360. The minimum atomic E-state index is 0.381. The first-order valence-electron chi connectivity index (χ1n) is 15.6. The zero-order valence-electron chi connectivity index (χ0n) is 24.4. The molecule has 0 fully saturated rings. The van der Waals surface area contributed by atoms with Crippen LogP contribution in [-0.4, -0.2) is 19.9 Å². The summed E-state index contributed by atoms with van der Waals surface area (Å²) >= 11 is 0. The molecule has 1 unspecified atom stereocenters. The highest BCUT2D eigenvalue weighted by Gasteiger charge is 2.19. The minimum Gasteiger partial charge on any atom is -0.254 e. The van der Waals surface area contributed by atoms with Crippen molar-refractivity contribution in [3.63, 3.8) is 0 Å². The summed E-state index contributed by atoms with van der Waals surface area (Å²) in [6, 6.07) is 30.2. The first kappa shape index (κ1) is 25.3. The van der Waals surface area contributed by atoms with E-state index < -0.39 is 0 Å². The van der Waals surface area contributed by atoms with Crippen molar-refractivity contribution in [3.05, 3.63) is 131 Å². The highest BCUT2D eigenvalue weighted by Crippen LogP contribution is 2.31. The Labute approximate surface area is 255 Å². The van der Waals surface area contributed by atoms with Crippen molar-refractivity contribution in [2.45, 2.75) is 38.0 Å². The lowest BCUT2D eigenvalue weighted by Crippen LogP contribution is -2.35. The van der Waals surface area contributed by atoms with Crippen LogP contribution < -0.4 is 10.4 Å². The van der Waals surface area contributed by atoms with Gasteiger partial charge in [-0.25, -0.2) is 15.0 Å². The molecule has 0 saturated heterocycles. The quantitative estimate of drug-likeness (QED) is 0.206. The topological polar surface area (TPSA) is 51.6 Å². The summed E-state index contributed by atoms with van der Waals surface area (Å²) in [5.41, 5.74) is 9.15. The van der Waals surface area contributed by atoms with E-state index >= 15 is 0 Å². The molecule has 7 aromatic rings. The van der Waals surface area contributed by atoms with Crippen LogP contribution in [0.4, 0.5) is 0 Å². The van der Waals surface area contributed by atoms with Crippen molar-refractivity contribution in [1.29, 1.82) is 0 Å². The monoisotopic (exact) mass is 566 g/mol. The fourth-order valence-corrected chi connectivity index (χ4v) is 7.33. The maximum absolute atomic E-state index is 4.90. The number of fused-ring (bicyclic) bond motifs is 9. The van der Waals surface area contributed by atoms with Gasteiger partial charge in [0.2, 0.25) is 0 Å². The minimum absolute atomic E-state index is 0.381. The summed E-state index contributed by atoms with van der Waals surface area (Å²) in [7, 11) is 0. The van der Waals surface area contributed by atoms with E-state index in [1.54, 1.807) is 11.1 Å². The van der Waals surface area contributed by atoms with Gasteiger partial charge in [0.1, 0.15) is 5.69 Å². The molecule has 0 amide bonds. The smallest absolute Gasteiger partial charge is 0.178 e. The number of benzene rings is 4. The third-order valence-corrected chi connectivity index (χ3v) is 9.55. The Balaban J connectivity index is 1.02. The molecule has 4 heteroatoms. The second-order valence-electron chi connectivity index (χ2n) is 12.1. The molecule has 0 saturated carbocycles. The summed E-state index contributed by atoms with van der Waals surface area (Å²) < 4.78 is 0. The Morgan fingerprint density at radius 3 is 2.18 bits per heavy atom. The van der Waals surface area contributed by atoms with E-state index in [0.29, 0.717) is 11.7 Å². The predicted molar refractivity (Wildman–Crippen MR) is 180 cm³/mol. The molecule has 210 valence electrons. The molecule has 0 radical (unpaired) electrons. The largest absolute Gasteiger partial charge is 0.254 e. The van der Waals surface area contributed by atoms with Crippen molar-refractivity contribution in [3.8, 4) is 22.6 Å². The number of aromatic nitrogens is 4. The van der Waals surface area contributed by atoms with Crippen molar-refractivity contribution in [1.82, 2.24) is 19.9 Å². The maximum Gasteiger partial charge on any atom is 0.178 e. The third-order valence-electron chi connectivity index (χ3n) is 9.55. The Kier molecular flexibility index (Phi) is 5.86. The second kappa shape index (κ2) is 10.2. The molecular weight excluding hydrogens is 536 g/mol. The van der Waals surface area contributed by atoms with Crippen LogP contribution in [-0.2, 0) is 12.8 Å². The molecule has 0 bridgehead atoms. The van der Waals surface area contributed by atoms with Gasteiger partial charge in [-0.05, 0) is 87.7 Å². The summed E-state index contributed by atoms with van der Waals surface area (Å²) in [4.78, 5) is 18.9. The fraction of sp³-hybridized carbons (Fsp3) is 0.150. The van der Waals surface area contributed by atoms with Crippen molar-refractivity contribution in [2.75, 3.05) is 0 Å². The Morgan fingerprint density at radius 2 is 1.34 bits per heavy atom. The van der Waals surface area contributed by atoms with Crippen molar-refractivity contribution >= 4 is 44.7 Å². The maximum atomic E-state index is 4.90. The molecule has 0 N–H and O–H groups in total. The van der Waals surface area contributed by atoms with Gasteiger partial charge in [0.05, 0.1) is 11.0 Å². The first-order valence-corrected chi connectivity index (χ1v) is 15.6. The van der Waals surface area contributed by atoms with Crippen LogP contribution in [0.2, 0.25) is 0 Å². The summed E-state index contributed by atoms with van der Waals surface area (Å²) in [6.07, 6.45) is 16.6. The first-order chi connectivity index (χ1) is 21.8. The van der Waals surface area contributed by atoms with E-state index in [0.717, 1.165) is 45.0 Å². The van der Waals surface area contributed by atoms with E-state index in [1.807, 2.05) is 30.7 Å². The van der Waals surface area contributed by atoms with Gasteiger partial charge in [-0.15, -0.1) is 0 Å². The van der Waals surface area contributed by atoms with E-state index in [1.165, 1.54) is 52.5 Å². The van der Waals surface area contributed by atoms with Crippen LogP contribution in [0.15, 0.2) is 104 Å². The molecule has 4 nitrogen and oxygen atoms in total. The lowest BCUT2D eigenvalue weighted by atomic mass is 9.81. The van der Waals surface area contributed by atoms with Gasteiger partial charge < -0.3 is 0 Å². The molecule has 4 aromatic carbocycles. The summed E-state index contributed by atoms with van der Waals surface area (Å²) in [5.74, 6) is 0.994. The molecule has 3 heterocycles. The normalized spacial score (nSPS) is 15.9. The lowest BCUT2D eigenvalue weighted by Gasteiger charge is -2.23. The summed E-state index contributed by atoms with van der Waals surface area (Å²) in [6.45, 7) is 0. The highest BCUT2D eigenvalue weighted by molar-refractivity contribution is 6.03. The molecule has 44 heavy (non-hydrogen) atoms. The molecule has 2 aliphatic rings. The number of rotatable bonds is 3. The fourth-order valence-electron chi connectivity index (χ4n) is 7.33. The molecule has 1 atom stereocenters. The second-order valence-corrected chi connectivity index (χ2v) is 12.1. The van der Waals surface area contributed by atoms with Crippen LogP contribution in [0.1, 0.15) is 41.9 Å². The zero-order valence-corrected chi connectivity index (χ0v) is 24.4. The molecule has 2 aliphatic carbocycles. The van der Waals surface area contributed by atoms with Crippen LogP contribution in [0.3, 0.4) is 0 Å². The van der Waals surface area contributed by atoms with E-state index in [4.69, 9.17) is 15.0 Å².